The maximum absolute atomic E-state index is 8.84. The molecule has 3 aromatic heterocycles. The number of hydrogen-bond donors (Lipinski definition) is 0. The average molecular weight is 967 g/mol. The van der Waals surface area contributed by atoms with Crippen LogP contribution in [0.3, 0.4) is 0 Å². The van der Waals surface area contributed by atoms with Crippen LogP contribution in [0.25, 0.3) is 66.7 Å². The van der Waals surface area contributed by atoms with Gasteiger partial charge in [0.1, 0.15) is 5.58 Å². The molecule has 1 fully saturated rings. The first-order valence-electron chi connectivity index (χ1n) is 27.5. The quantitative estimate of drug-likeness (QED) is 0.149. The Kier molecular flexibility index (Phi) is 7.97. The second-order valence-electron chi connectivity index (χ2n) is 15.8. The van der Waals surface area contributed by atoms with Gasteiger partial charge in [-0.15, -0.1) is 47.5 Å². The van der Waals surface area contributed by atoms with Crippen molar-refractivity contribution < 1.29 is 46.5 Å². The van der Waals surface area contributed by atoms with Crippen molar-refractivity contribution >= 4 is 21.9 Å². The molecule has 1 aliphatic rings. The van der Waals surface area contributed by atoms with E-state index < -0.39 is 45.6 Å². The summed E-state index contributed by atoms with van der Waals surface area (Å²) in [6.07, 6.45) is 2.77. The van der Waals surface area contributed by atoms with Crippen LogP contribution in [0.1, 0.15) is 102 Å². The summed E-state index contributed by atoms with van der Waals surface area (Å²) >= 11 is 0. The SMILES string of the molecule is [2H]C([2H])([2H])c1c[c-]c(-c2ccc(C([2H])([2H])C(C)(C)C)cn2)cc1-c1ccccc1.[2H]C([2H])([2H])c1ccc2c(c1)oc1c(-c3cc(-c4ccc(C([2H])([2H])C5CCCC5)cc4C([2H])([2H])[2H])c(C([2H])([2H])[2H])cn3)[c-]ccc12.[Ir]. The number of furan rings is 1. The Morgan fingerprint density at radius 2 is 1.51 bits per heavy atom. The van der Waals surface area contributed by atoms with Crippen LogP contribution in [-0.4, -0.2) is 9.97 Å². The van der Waals surface area contributed by atoms with Crippen LogP contribution in [-0.2, 0) is 32.9 Å². The zero-order valence-corrected chi connectivity index (χ0v) is 35.5. The van der Waals surface area contributed by atoms with E-state index in [1.807, 2.05) is 51.1 Å². The molecule has 59 heavy (non-hydrogen) atoms. The van der Waals surface area contributed by atoms with Crippen LogP contribution < -0.4 is 0 Å². The van der Waals surface area contributed by atoms with Crippen molar-refractivity contribution in [1.82, 2.24) is 9.97 Å². The Balaban J connectivity index is 0.000000237. The summed E-state index contributed by atoms with van der Waals surface area (Å²) in [6, 6.07) is 36.4. The van der Waals surface area contributed by atoms with Gasteiger partial charge in [-0.2, -0.15) is 0 Å². The number of nitrogens with zero attached hydrogens (tertiary/aromatic N) is 2. The van der Waals surface area contributed by atoms with Gasteiger partial charge < -0.3 is 14.4 Å². The van der Waals surface area contributed by atoms with E-state index in [0.29, 0.717) is 49.9 Å². The monoisotopic (exact) mass is 967 g/mol. The summed E-state index contributed by atoms with van der Waals surface area (Å²) in [7, 11) is 0. The Morgan fingerprint density at radius 1 is 0.712 bits per heavy atom. The molecule has 1 saturated carbocycles. The molecule has 3 heterocycles. The molecule has 301 valence electrons. The minimum atomic E-state index is -2.67. The van der Waals surface area contributed by atoms with Gasteiger partial charge >= 0.3 is 0 Å². The largest absolute Gasteiger partial charge is 0.501 e. The summed E-state index contributed by atoms with van der Waals surface area (Å²) in [5.41, 5.74) is 4.66. The van der Waals surface area contributed by atoms with Gasteiger partial charge in [-0.3, -0.25) is 0 Å². The fourth-order valence-electron chi connectivity index (χ4n) is 7.48. The number of hydrogen-bond acceptors (Lipinski definition) is 3. The van der Waals surface area contributed by atoms with Gasteiger partial charge in [0.2, 0.25) is 0 Å². The molecule has 3 nitrogen and oxygen atoms in total. The van der Waals surface area contributed by atoms with Crippen LogP contribution >= 0.6 is 0 Å². The Morgan fingerprint density at radius 3 is 2.25 bits per heavy atom. The van der Waals surface area contributed by atoms with Gasteiger partial charge in [0.15, 0.2) is 0 Å². The molecule has 0 bridgehead atoms. The van der Waals surface area contributed by atoms with Crippen molar-refractivity contribution in [2.75, 3.05) is 0 Å². The van der Waals surface area contributed by atoms with Crippen molar-refractivity contribution in [2.24, 2.45) is 11.3 Å². The second-order valence-corrected chi connectivity index (χ2v) is 15.8. The molecule has 9 rings (SSSR count). The molecule has 0 unspecified atom stereocenters. The Labute approximate surface area is 387 Å². The Hall–Kier alpha value is -5.15. The van der Waals surface area contributed by atoms with Crippen LogP contribution in [0.15, 0.2) is 126 Å². The van der Waals surface area contributed by atoms with E-state index >= 15 is 0 Å². The number of aromatic nitrogens is 2. The van der Waals surface area contributed by atoms with Crippen LogP contribution in [0.5, 0.6) is 0 Å². The molecule has 1 aliphatic carbocycles. The van der Waals surface area contributed by atoms with Gasteiger partial charge in [0.05, 0.1) is 5.58 Å². The van der Waals surface area contributed by atoms with Crippen molar-refractivity contribution in [2.45, 2.75) is 86.6 Å². The van der Waals surface area contributed by atoms with E-state index in [9.17, 15) is 0 Å². The topological polar surface area (TPSA) is 38.9 Å². The van der Waals surface area contributed by atoms with Gasteiger partial charge in [0, 0.05) is 59.8 Å². The summed E-state index contributed by atoms with van der Waals surface area (Å²) in [4.78, 5) is 8.88. The molecule has 0 atom stereocenters. The molecule has 0 aliphatic heterocycles. The molecule has 8 aromatic rings. The third kappa shape index (κ3) is 9.67. The molecule has 0 saturated heterocycles. The van der Waals surface area contributed by atoms with E-state index in [-0.39, 0.29) is 70.7 Å². The standard InChI is InChI=1S/C32H30NO.C23H24N.Ir/c1-20-11-13-26-27-9-6-10-28(32(27)34-31(26)15-20)30-18-29(22(3)19-33-30)25-14-12-24(16-21(25)2)17-23-7-4-5-8-23;1-17-10-12-20(14-21(17)19-8-6-5-7-9-19)22-13-11-18(16-24-22)15-23(2,3)4;/h6,9,11-16,18-19,23H,4-5,7-8,17H2,1-3H3;5-11,13-14,16H,15H2,1-4H3;/q2*-1;/i1D3,2D3,3D3,17D2;1D3,15D2;. The molecule has 0 N–H and O–H groups in total. The second kappa shape index (κ2) is 18.0. The minimum Gasteiger partial charge on any atom is -0.501 e. The van der Waals surface area contributed by atoms with Gasteiger partial charge in [-0.1, -0.05) is 149 Å². The number of benzene rings is 5. The first kappa shape index (κ1) is 26.1. The van der Waals surface area contributed by atoms with Crippen LogP contribution in [0.4, 0.5) is 0 Å². The van der Waals surface area contributed by atoms with Crippen molar-refractivity contribution in [3.63, 3.8) is 0 Å². The zero-order chi connectivity index (χ0) is 54.0. The van der Waals surface area contributed by atoms with Gasteiger partial charge in [0.25, 0.3) is 0 Å². The van der Waals surface area contributed by atoms with Crippen molar-refractivity contribution in [3.05, 3.63) is 167 Å². The first-order valence-corrected chi connectivity index (χ1v) is 19.5. The third-order valence-electron chi connectivity index (χ3n) is 10.2. The molecule has 0 spiro atoms. The van der Waals surface area contributed by atoms with E-state index in [4.69, 9.17) is 26.3 Å². The van der Waals surface area contributed by atoms with Crippen LogP contribution in [0.2, 0.25) is 0 Å². The van der Waals surface area contributed by atoms with Crippen LogP contribution in [0, 0.1) is 50.9 Å². The number of rotatable bonds is 7. The number of aryl methyl sites for hydroxylation is 4. The van der Waals surface area contributed by atoms with Gasteiger partial charge in [-0.05, 0) is 107 Å². The van der Waals surface area contributed by atoms with Crippen molar-refractivity contribution in [3.8, 4) is 44.8 Å². The predicted octanol–water partition coefficient (Wildman–Crippen LogP) is 14.9. The fourth-order valence-corrected chi connectivity index (χ4v) is 7.48. The number of pyridine rings is 2. The maximum atomic E-state index is 8.84. The first-order chi connectivity index (χ1) is 34.4. The molecular weight excluding hydrogens is 897 g/mol. The fraction of sp³-hybridized carbons (Fsp3) is 0.273. The number of fused-ring (bicyclic) bond motifs is 3. The zero-order valence-electron chi connectivity index (χ0n) is 49.1. The summed E-state index contributed by atoms with van der Waals surface area (Å²) in [5, 5.41) is 1.37. The average Bonchev–Trinajstić information content (AvgIpc) is 4.02. The van der Waals surface area contributed by atoms with Gasteiger partial charge in [-0.25, -0.2) is 0 Å². The van der Waals surface area contributed by atoms with E-state index in [1.165, 1.54) is 42.6 Å². The molecule has 1 radical (unpaired) electrons. The van der Waals surface area contributed by atoms with Crippen molar-refractivity contribution in [1.29, 1.82) is 0 Å². The third-order valence-corrected chi connectivity index (χ3v) is 10.2. The molecule has 4 heteroatoms. The van der Waals surface area contributed by atoms with E-state index in [2.05, 4.69) is 22.1 Å². The smallest absolute Gasteiger partial charge is 0.121 e. The van der Waals surface area contributed by atoms with E-state index in [0.717, 1.165) is 31.2 Å². The minimum absolute atomic E-state index is 0. The summed E-state index contributed by atoms with van der Waals surface area (Å²) in [6.45, 7) is -4.31. The maximum Gasteiger partial charge on any atom is 0.121 e. The summed E-state index contributed by atoms with van der Waals surface area (Å²) in [5.74, 6) is -0.228. The molecule has 0 amide bonds. The Bertz CT molecular complexity index is 3330. The summed E-state index contributed by atoms with van der Waals surface area (Å²) < 4.78 is 137. The molecular formula is C55H54IrN2O-2. The predicted molar refractivity (Wildman–Crippen MR) is 243 cm³/mol. The molecule has 5 aromatic carbocycles. The van der Waals surface area contributed by atoms with E-state index in [1.54, 1.807) is 48.7 Å². The normalized spacial score (nSPS) is 18.4.